The number of fused-ring (bicyclic) bond motifs is 1. The average Bonchev–Trinajstić information content (AvgIpc) is 2.35. The predicted octanol–water partition coefficient (Wildman–Crippen LogP) is 0.884. The minimum Gasteiger partial charge on any atom is -0.493 e. The topological polar surface area (TPSA) is 70.8 Å². The van der Waals surface area contributed by atoms with Gasteiger partial charge in [0, 0.05) is 6.42 Å². The highest BCUT2D eigenvalue weighted by Crippen LogP contribution is 2.40. The van der Waals surface area contributed by atoms with E-state index in [0.717, 1.165) is 5.56 Å². The van der Waals surface area contributed by atoms with Crippen molar-refractivity contribution in [1.82, 2.24) is 0 Å². The molecular formula is C12H15NO4. The fourth-order valence-electron chi connectivity index (χ4n) is 1.74. The molecule has 1 amide bonds. The third kappa shape index (κ3) is 2.61. The number of hydrogen-bond donors (Lipinski definition) is 1. The van der Waals surface area contributed by atoms with Crippen LogP contribution >= 0.6 is 0 Å². The fourth-order valence-corrected chi connectivity index (χ4v) is 1.74. The highest BCUT2D eigenvalue weighted by atomic mass is 16.6. The maximum absolute atomic E-state index is 10.8. The van der Waals surface area contributed by atoms with Crippen molar-refractivity contribution in [3.8, 4) is 17.2 Å². The van der Waals surface area contributed by atoms with E-state index < -0.39 is 0 Å². The highest BCUT2D eigenvalue weighted by Gasteiger charge is 2.18. The Kier molecular flexibility index (Phi) is 3.37. The molecule has 0 aliphatic carbocycles. The lowest BCUT2D eigenvalue weighted by Gasteiger charge is -2.21. The number of amides is 1. The van der Waals surface area contributed by atoms with E-state index in [1.54, 1.807) is 7.11 Å². The summed E-state index contributed by atoms with van der Waals surface area (Å²) in [6, 6.07) is 3.70. The number of methoxy groups -OCH3 is 1. The standard InChI is InChI=1S/C12H15NO4/c1-15-9-6-8(2-3-11(13)14)7-10-12(9)17-5-4-16-10/h6-7H,2-5H2,1H3,(H2,13,14). The summed E-state index contributed by atoms with van der Waals surface area (Å²) in [4.78, 5) is 10.8. The lowest BCUT2D eigenvalue weighted by Crippen LogP contribution is -2.16. The molecule has 0 unspecified atom stereocenters. The van der Waals surface area contributed by atoms with Crippen LogP contribution in [0.25, 0.3) is 0 Å². The van der Waals surface area contributed by atoms with Crippen molar-refractivity contribution >= 4 is 5.91 Å². The second kappa shape index (κ2) is 4.95. The molecule has 0 fully saturated rings. The molecule has 0 saturated heterocycles. The molecule has 0 saturated carbocycles. The van der Waals surface area contributed by atoms with Gasteiger partial charge in [-0.1, -0.05) is 0 Å². The van der Waals surface area contributed by atoms with E-state index >= 15 is 0 Å². The third-order valence-electron chi connectivity index (χ3n) is 2.55. The Morgan fingerprint density at radius 2 is 2.18 bits per heavy atom. The Morgan fingerprint density at radius 1 is 1.41 bits per heavy atom. The molecule has 1 aliphatic heterocycles. The third-order valence-corrected chi connectivity index (χ3v) is 2.55. The van der Waals surface area contributed by atoms with Crippen LogP contribution in [0.15, 0.2) is 12.1 Å². The first-order valence-corrected chi connectivity index (χ1v) is 5.45. The molecule has 1 aromatic carbocycles. The Morgan fingerprint density at radius 3 is 2.88 bits per heavy atom. The zero-order valence-corrected chi connectivity index (χ0v) is 9.69. The quantitative estimate of drug-likeness (QED) is 0.844. The molecule has 2 rings (SSSR count). The van der Waals surface area contributed by atoms with Gasteiger partial charge in [-0.3, -0.25) is 4.79 Å². The molecule has 92 valence electrons. The molecule has 0 bridgehead atoms. The van der Waals surface area contributed by atoms with Gasteiger partial charge in [0.05, 0.1) is 7.11 Å². The van der Waals surface area contributed by atoms with E-state index in [2.05, 4.69) is 0 Å². The number of aryl methyl sites for hydroxylation is 1. The van der Waals surface area contributed by atoms with Crippen molar-refractivity contribution in [3.05, 3.63) is 17.7 Å². The average molecular weight is 237 g/mol. The molecule has 1 aromatic rings. The molecule has 0 aromatic heterocycles. The summed E-state index contributed by atoms with van der Waals surface area (Å²) >= 11 is 0. The summed E-state index contributed by atoms with van der Waals surface area (Å²) in [5.74, 6) is 1.59. The summed E-state index contributed by atoms with van der Waals surface area (Å²) in [6.45, 7) is 1.04. The van der Waals surface area contributed by atoms with Crippen LogP contribution in [-0.2, 0) is 11.2 Å². The number of rotatable bonds is 4. The van der Waals surface area contributed by atoms with Crippen molar-refractivity contribution in [1.29, 1.82) is 0 Å². The SMILES string of the molecule is COc1cc(CCC(N)=O)cc2c1OCCO2. The van der Waals surface area contributed by atoms with Gasteiger partial charge < -0.3 is 19.9 Å². The second-order valence-electron chi connectivity index (χ2n) is 3.79. The van der Waals surface area contributed by atoms with E-state index in [9.17, 15) is 4.79 Å². The molecule has 0 radical (unpaired) electrons. The van der Waals surface area contributed by atoms with Crippen molar-refractivity contribution < 1.29 is 19.0 Å². The molecule has 0 atom stereocenters. The Balaban J connectivity index is 2.26. The lowest BCUT2D eigenvalue weighted by atomic mass is 10.1. The smallest absolute Gasteiger partial charge is 0.217 e. The predicted molar refractivity (Wildman–Crippen MR) is 61.5 cm³/mol. The second-order valence-corrected chi connectivity index (χ2v) is 3.79. The lowest BCUT2D eigenvalue weighted by molar-refractivity contribution is -0.117. The number of primary amides is 1. The summed E-state index contributed by atoms with van der Waals surface area (Å²) in [6.07, 6.45) is 0.880. The zero-order valence-electron chi connectivity index (χ0n) is 9.69. The highest BCUT2D eigenvalue weighted by molar-refractivity contribution is 5.74. The van der Waals surface area contributed by atoms with Gasteiger partial charge in [0.25, 0.3) is 0 Å². The maximum Gasteiger partial charge on any atom is 0.217 e. The first-order valence-electron chi connectivity index (χ1n) is 5.45. The number of hydrogen-bond acceptors (Lipinski definition) is 4. The van der Waals surface area contributed by atoms with E-state index in [-0.39, 0.29) is 5.91 Å². The summed E-state index contributed by atoms with van der Waals surface area (Å²) in [7, 11) is 1.57. The first-order chi connectivity index (χ1) is 8.20. The number of benzene rings is 1. The number of nitrogens with two attached hydrogens (primary N) is 1. The molecule has 5 nitrogen and oxygen atoms in total. The van der Waals surface area contributed by atoms with Crippen LogP contribution in [0.2, 0.25) is 0 Å². The number of ether oxygens (including phenoxy) is 3. The molecule has 5 heteroatoms. The van der Waals surface area contributed by atoms with Crippen LogP contribution in [-0.4, -0.2) is 26.2 Å². The summed E-state index contributed by atoms with van der Waals surface area (Å²) < 4.78 is 16.2. The van der Waals surface area contributed by atoms with Crippen molar-refractivity contribution in [3.63, 3.8) is 0 Å². The molecule has 1 aliphatic rings. The van der Waals surface area contributed by atoms with Crippen molar-refractivity contribution in [2.45, 2.75) is 12.8 Å². The monoisotopic (exact) mass is 237 g/mol. The Hall–Kier alpha value is -1.91. The molecule has 2 N–H and O–H groups in total. The van der Waals surface area contributed by atoms with Gasteiger partial charge in [-0.15, -0.1) is 0 Å². The van der Waals surface area contributed by atoms with Crippen LogP contribution in [0, 0.1) is 0 Å². The first kappa shape index (κ1) is 11.6. The molecule has 0 spiro atoms. The maximum atomic E-state index is 10.8. The van der Waals surface area contributed by atoms with Crippen LogP contribution < -0.4 is 19.9 Å². The number of carbonyl (C=O) groups is 1. The van der Waals surface area contributed by atoms with Gasteiger partial charge in [0.2, 0.25) is 11.7 Å². The minimum absolute atomic E-state index is 0.308. The van der Waals surface area contributed by atoms with Crippen LogP contribution in [0.5, 0.6) is 17.2 Å². The van der Waals surface area contributed by atoms with E-state index in [4.69, 9.17) is 19.9 Å². The minimum atomic E-state index is -0.321. The zero-order chi connectivity index (χ0) is 12.3. The van der Waals surface area contributed by atoms with Crippen LogP contribution in [0.3, 0.4) is 0 Å². The summed E-state index contributed by atoms with van der Waals surface area (Å²) in [5.41, 5.74) is 6.07. The van der Waals surface area contributed by atoms with Crippen molar-refractivity contribution in [2.75, 3.05) is 20.3 Å². The summed E-state index contributed by atoms with van der Waals surface area (Å²) in [5, 5.41) is 0. The molecule has 17 heavy (non-hydrogen) atoms. The van der Waals surface area contributed by atoms with Crippen LogP contribution in [0.4, 0.5) is 0 Å². The molecular weight excluding hydrogens is 222 g/mol. The van der Waals surface area contributed by atoms with E-state index in [1.807, 2.05) is 12.1 Å². The Bertz CT molecular complexity index is 414. The van der Waals surface area contributed by atoms with Gasteiger partial charge in [-0.2, -0.15) is 0 Å². The van der Waals surface area contributed by atoms with Gasteiger partial charge >= 0.3 is 0 Å². The fraction of sp³-hybridized carbons (Fsp3) is 0.417. The molecule has 1 heterocycles. The number of carbonyl (C=O) groups excluding carboxylic acids is 1. The normalized spacial score (nSPS) is 13.2. The van der Waals surface area contributed by atoms with Gasteiger partial charge in [0.1, 0.15) is 13.2 Å². The van der Waals surface area contributed by atoms with E-state index in [1.165, 1.54) is 0 Å². The van der Waals surface area contributed by atoms with Gasteiger partial charge in [-0.05, 0) is 24.1 Å². The van der Waals surface area contributed by atoms with Crippen LogP contribution in [0.1, 0.15) is 12.0 Å². The van der Waals surface area contributed by atoms with Gasteiger partial charge in [0.15, 0.2) is 11.5 Å². The van der Waals surface area contributed by atoms with Crippen molar-refractivity contribution in [2.24, 2.45) is 5.73 Å². The Labute approximate surface area is 99.5 Å². The largest absolute Gasteiger partial charge is 0.493 e. The van der Waals surface area contributed by atoms with Gasteiger partial charge in [-0.25, -0.2) is 0 Å². The van der Waals surface area contributed by atoms with E-state index in [0.29, 0.717) is 43.3 Å².